The van der Waals surface area contributed by atoms with Crippen molar-refractivity contribution >= 4 is 15.7 Å². The summed E-state index contributed by atoms with van der Waals surface area (Å²) in [6, 6.07) is 7.77. The van der Waals surface area contributed by atoms with E-state index in [1.165, 1.54) is 19.1 Å². The summed E-state index contributed by atoms with van der Waals surface area (Å²) in [6.45, 7) is 2.23. The van der Waals surface area contributed by atoms with Crippen molar-refractivity contribution in [1.29, 1.82) is 0 Å². The number of rotatable bonds is 7. The van der Waals surface area contributed by atoms with E-state index in [-0.39, 0.29) is 10.5 Å². The molecule has 0 aliphatic rings. The number of anilines is 1. The lowest BCUT2D eigenvalue weighted by Gasteiger charge is -2.11. The Kier molecular flexibility index (Phi) is 6.42. The zero-order valence-electron chi connectivity index (χ0n) is 16.9. The molecule has 3 aromatic rings. The van der Waals surface area contributed by atoms with Gasteiger partial charge in [-0.1, -0.05) is 12.1 Å². The Morgan fingerprint density at radius 2 is 1.60 bits per heavy atom. The third-order valence-corrected chi connectivity index (χ3v) is 5.86. The van der Waals surface area contributed by atoms with E-state index in [0.29, 0.717) is 0 Å². The maximum Gasteiger partial charge on any atom is 0.261 e. The van der Waals surface area contributed by atoms with Crippen LogP contribution in [0.5, 0.6) is 0 Å². The smallest absolute Gasteiger partial charge is 0.261 e. The maximum atomic E-state index is 14.0. The molecule has 1 aromatic heterocycles. The van der Waals surface area contributed by atoms with Crippen LogP contribution in [0, 0.1) is 18.6 Å². The Morgan fingerprint density at radius 3 is 2.20 bits per heavy atom. The summed E-state index contributed by atoms with van der Waals surface area (Å²) < 4.78 is 54.8. The van der Waals surface area contributed by atoms with Crippen LogP contribution < -0.4 is 4.72 Å². The molecule has 2 aromatic carbocycles. The third-order valence-electron chi connectivity index (χ3n) is 4.48. The van der Waals surface area contributed by atoms with E-state index < -0.39 is 27.3 Å². The molecule has 1 N–H and O–H groups in total. The highest BCUT2D eigenvalue weighted by Crippen LogP contribution is 2.24. The minimum Gasteiger partial charge on any atom is -0.309 e. The van der Waals surface area contributed by atoms with Crippen molar-refractivity contribution in [1.82, 2.24) is 14.9 Å². The first-order valence-corrected chi connectivity index (χ1v) is 10.7. The highest BCUT2D eigenvalue weighted by Gasteiger charge is 2.18. The SMILES string of the molecule is Cc1cc(F)c(NS(=O)(=O)c2ccc(-c3cnc(CCN(C)C)nc3)cc2)cc1F. The first-order valence-electron chi connectivity index (χ1n) is 9.20. The summed E-state index contributed by atoms with van der Waals surface area (Å²) in [6.07, 6.45) is 4.10. The summed E-state index contributed by atoms with van der Waals surface area (Å²) >= 11 is 0. The van der Waals surface area contributed by atoms with Crippen molar-refractivity contribution in [2.75, 3.05) is 25.4 Å². The average Bonchev–Trinajstić information content (AvgIpc) is 2.71. The average molecular weight is 432 g/mol. The fraction of sp³-hybridized carbons (Fsp3) is 0.238. The van der Waals surface area contributed by atoms with Crippen molar-refractivity contribution in [2.45, 2.75) is 18.2 Å². The molecule has 0 saturated carbocycles. The second-order valence-corrected chi connectivity index (χ2v) is 8.83. The molecule has 3 rings (SSSR count). The number of sulfonamides is 1. The number of aromatic nitrogens is 2. The van der Waals surface area contributed by atoms with Gasteiger partial charge < -0.3 is 4.90 Å². The van der Waals surface area contributed by atoms with Crippen LogP contribution in [-0.2, 0) is 16.4 Å². The third kappa shape index (κ3) is 5.17. The Morgan fingerprint density at radius 1 is 0.967 bits per heavy atom. The Balaban J connectivity index is 1.77. The minimum atomic E-state index is -4.08. The Bertz CT molecular complexity index is 1130. The predicted molar refractivity (Wildman–Crippen MR) is 112 cm³/mol. The largest absolute Gasteiger partial charge is 0.309 e. The summed E-state index contributed by atoms with van der Waals surface area (Å²) in [5.41, 5.74) is 1.13. The van der Waals surface area contributed by atoms with Gasteiger partial charge in [-0.3, -0.25) is 4.72 Å². The monoisotopic (exact) mass is 432 g/mol. The molecule has 0 amide bonds. The lowest BCUT2D eigenvalue weighted by Crippen LogP contribution is -2.16. The molecule has 0 aliphatic heterocycles. The topological polar surface area (TPSA) is 75.2 Å². The second-order valence-electron chi connectivity index (χ2n) is 7.15. The molecule has 6 nitrogen and oxygen atoms in total. The lowest BCUT2D eigenvalue weighted by molar-refractivity contribution is 0.409. The van der Waals surface area contributed by atoms with Gasteiger partial charge in [-0.15, -0.1) is 0 Å². The van der Waals surface area contributed by atoms with Gasteiger partial charge in [-0.05, 0) is 50.3 Å². The molecule has 1 heterocycles. The van der Waals surface area contributed by atoms with Crippen molar-refractivity contribution in [3.63, 3.8) is 0 Å². The van der Waals surface area contributed by atoms with Crippen molar-refractivity contribution < 1.29 is 17.2 Å². The van der Waals surface area contributed by atoms with E-state index >= 15 is 0 Å². The van der Waals surface area contributed by atoms with Crippen molar-refractivity contribution in [3.8, 4) is 11.1 Å². The molecular weight excluding hydrogens is 410 g/mol. The summed E-state index contributed by atoms with van der Waals surface area (Å²) in [5.74, 6) is -0.817. The normalized spacial score (nSPS) is 11.7. The van der Waals surface area contributed by atoms with E-state index in [1.54, 1.807) is 24.5 Å². The van der Waals surface area contributed by atoms with Crippen molar-refractivity contribution in [3.05, 3.63) is 71.8 Å². The van der Waals surface area contributed by atoms with Crippen LogP contribution in [0.1, 0.15) is 11.4 Å². The molecule has 0 bridgehead atoms. The fourth-order valence-electron chi connectivity index (χ4n) is 2.71. The number of hydrogen-bond acceptors (Lipinski definition) is 5. The first kappa shape index (κ1) is 21.8. The standard InChI is InChI=1S/C21H22F2N4O2S/c1-14-10-19(23)20(11-18(14)22)26-30(28,29)17-6-4-15(5-7-17)16-12-24-21(25-13-16)8-9-27(2)3/h4-7,10-13,26H,8-9H2,1-3H3. The van der Waals surface area contributed by atoms with Gasteiger partial charge in [0.15, 0.2) is 0 Å². The van der Waals surface area contributed by atoms with Gasteiger partial charge in [-0.25, -0.2) is 27.2 Å². The van der Waals surface area contributed by atoms with Crippen molar-refractivity contribution in [2.24, 2.45) is 0 Å². The number of likely N-dealkylation sites (N-methyl/N-ethyl adjacent to an activating group) is 1. The second kappa shape index (κ2) is 8.85. The summed E-state index contributed by atoms with van der Waals surface area (Å²) in [5, 5.41) is 0. The summed E-state index contributed by atoms with van der Waals surface area (Å²) in [4.78, 5) is 10.6. The van der Waals surface area contributed by atoms with E-state index in [4.69, 9.17) is 0 Å². The predicted octanol–water partition coefficient (Wildman–Crippen LogP) is 3.64. The van der Waals surface area contributed by atoms with E-state index in [9.17, 15) is 17.2 Å². The number of benzene rings is 2. The Labute approximate surface area is 174 Å². The van der Waals surface area contributed by atoms with Gasteiger partial charge in [0.1, 0.15) is 17.5 Å². The molecule has 0 spiro atoms. The van der Waals surface area contributed by atoms with E-state index in [0.717, 1.165) is 42.0 Å². The molecule has 158 valence electrons. The highest BCUT2D eigenvalue weighted by atomic mass is 32.2. The van der Waals surface area contributed by atoms with E-state index in [1.807, 2.05) is 19.0 Å². The van der Waals surface area contributed by atoms with Crippen LogP contribution in [0.2, 0.25) is 0 Å². The molecule has 0 unspecified atom stereocenters. The number of hydrogen-bond donors (Lipinski definition) is 1. The number of nitrogens with zero attached hydrogens (tertiary/aromatic N) is 3. The Hall–Kier alpha value is -2.91. The van der Waals surface area contributed by atoms with Crippen LogP contribution >= 0.6 is 0 Å². The quantitative estimate of drug-likeness (QED) is 0.617. The van der Waals surface area contributed by atoms with Crippen LogP contribution in [0.25, 0.3) is 11.1 Å². The van der Waals surface area contributed by atoms with Crippen LogP contribution in [0.3, 0.4) is 0 Å². The van der Waals surface area contributed by atoms with Crippen LogP contribution in [-0.4, -0.2) is 43.9 Å². The maximum absolute atomic E-state index is 14.0. The van der Waals surface area contributed by atoms with Gasteiger partial charge in [0.05, 0.1) is 10.6 Å². The number of halogens is 2. The van der Waals surface area contributed by atoms with Gasteiger partial charge >= 0.3 is 0 Å². The zero-order chi connectivity index (χ0) is 21.9. The van der Waals surface area contributed by atoms with Crippen LogP contribution in [0.4, 0.5) is 14.5 Å². The molecular formula is C21H22F2N4O2S. The molecule has 30 heavy (non-hydrogen) atoms. The van der Waals surface area contributed by atoms with Gasteiger partial charge in [0.2, 0.25) is 0 Å². The van der Waals surface area contributed by atoms with Gasteiger partial charge in [-0.2, -0.15) is 0 Å². The molecule has 0 aliphatic carbocycles. The molecule has 0 fully saturated rings. The minimum absolute atomic E-state index is 0.0739. The number of aryl methyl sites for hydroxylation is 1. The summed E-state index contributed by atoms with van der Waals surface area (Å²) in [7, 11) is -0.130. The fourth-order valence-corrected chi connectivity index (χ4v) is 3.77. The molecule has 9 heteroatoms. The lowest BCUT2D eigenvalue weighted by atomic mass is 10.1. The zero-order valence-corrected chi connectivity index (χ0v) is 17.7. The first-order chi connectivity index (χ1) is 14.2. The van der Waals surface area contributed by atoms with Crippen LogP contribution in [0.15, 0.2) is 53.7 Å². The van der Waals surface area contributed by atoms with Gasteiger partial charge in [0, 0.05) is 37.0 Å². The number of nitrogens with one attached hydrogen (secondary N) is 1. The molecule has 0 saturated heterocycles. The van der Waals surface area contributed by atoms with E-state index in [2.05, 4.69) is 14.7 Å². The molecule has 0 radical (unpaired) electrons. The van der Waals surface area contributed by atoms with Gasteiger partial charge in [0.25, 0.3) is 10.0 Å². The highest BCUT2D eigenvalue weighted by molar-refractivity contribution is 7.92. The molecule has 0 atom stereocenters.